The van der Waals surface area contributed by atoms with E-state index in [1.807, 2.05) is 0 Å². The second-order valence-corrected chi connectivity index (χ2v) is 3.41. The lowest BCUT2D eigenvalue weighted by atomic mass is 9.75. The Bertz CT molecular complexity index is 322. The number of hydrogen-bond donors (Lipinski definition) is 2. The third-order valence-corrected chi connectivity index (χ3v) is 2.31. The molecule has 1 rings (SSSR count). The third kappa shape index (κ3) is 2.38. The van der Waals surface area contributed by atoms with Gasteiger partial charge in [0.2, 0.25) is 0 Å². The van der Waals surface area contributed by atoms with Gasteiger partial charge in [0.15, 0.2) is 0 Å². The van der Waals surface area contributed by atoms with E-state index < -0.39 is 30.0 Å². The lowest BCUT2D eigenvalue weighted by molar-refractivity contribution is -0.174. The molecule has 0 radical (unpaired) electrons. The normalized spacial score (nSPS) is 30.5. The Morgan fingerprint density at radius 2 is 2.07 bits per heavy atom. The van der Waals surface area contributed by atoms with Crippen molar-refractivity contribution in [2.24, 2.45) is 11.1 Å². The van der Waals surface area contributed by atoms with Gasteiger partial charge in [-0.15, -0.1) is 0 Å². The molecule has 2 unspecified atom stereocenters. The summed E-state index contributed by atoms with van der Waals surface area (Å²) in [5.41, 5.74) is 3.33. The van der Waals surface area contributed by atoms with Crippen LogP contribution in [0.25, 0.3) is 0 Å². The summed E-state index contributed by atoms with van der Waals surface area (Å²) in [7, 11) is 0. The molecule has 1 aliphatic rings. The third-order valence-electron chi connectivity index (χ3n) is 2.31. The molecule has 84 valence electrons. The van der Waals surface area contributed by atoms with Gasteiger partial charge in [0.05, 0.1) is 6.42 Å². The van der Waals surface area contributed by atoms with Crippen LogP contribution in [-0.4, -0.2) is 23.3 Å². The second-order valence-electron chi connectivity index (χ2n) is 3.41. The first-order chi connectivity index (χ1) is 6.78. The molecule has 0 saturated heterocycles. The topological polar surface area (TPSA) is 63.3 Å². The zero-order chi connectivity index (χ0) is 11.7. The molecular formula is C9H10F3NO2. The van der Waals surface area contributed by atoms with E-state index in [9.17, 15) is 18.0 Å². The van der Waals surface area contributed by atoms with E-state index in [1.54, 1.807) is 0 Å². The average molecular weight is 221 g/mol. The van der Waals surface area contributed by atoms with Crippen molar-refractivity contribution in [2.75, 3.05) is 0 Å². The maximum atomic E-state index is 12.2. The minimum Gasteiger partial charge on any atom is -0.481 e. The van der Waals surface area contributed by atoms with Gasteiger partial charge in [-0.25, -0.2) is 0 Å². The van der Waals surface area contributed by atoms with E-state index in [0.29, 0.717) is 0 Å². The number of carbonyl (C=O) groups is 1. The molecule has 2 atom stereocenters. The number of carboxylic acids is 1. The van der Waals surface area contributed by atoms with Crippen molar-refractivity contribution in [1.82, 2.24) is 0 Å². The molecule has 0 bridgehead atoms. The quantitative estimate of drug-likeness (QED) is 0.742. The van der Waals surface area contributed by atoms with E-state index in [4.69, 9.17) is 10.8 Å². The molecule has 0 aromatic carbocycles. The van der Waals surface area contributed by atoms with E-state index in [-0.39, 0.29) is 0 Å². The Balaban J connectivity index is 3.04. The van der Waals surface area contributed by atoms with Crippen LogP contribution in [0.15, 0.2) is 24.3 Å². The van der Waals surface area contributed by atoms with Gasteiger partial charge in [-0.1, -0.05) is 24.3 Å². The average Bonchev–Trinajstić information content (AvgIpc) is 2.06. The van der Waals surface area contributed by atoms with Gasteiger partial charge in [0.1, 0.15) is 5.41 Å². The zero-order valence-corrected chi connectivity index (χ0v) is 7.66. The van der Waals surface area contributed by atoms with Gasteiger partial charge in [0.25, 0.3) is 0 Å². The summed E-state index contributed by atoms with van der Waals surface area (Å²) >= 11 is 0. The van der Waals surface area contributed by atoms with E-state index in [1.165, 1.54) is 18.2 Å². The van der Waals surface area contributed by atoms with E-state index in [2.05, 4.69) is 0 Å². The van der Waals surface area contributed by atoms with Crippen LogP contribution in [0.2, 0.25) is 0 Å². The van der Waals surface area contributed by atoms with Crippen LogP contribution >= 0.6 is 0 Å². The Morgan fingerprint density at radius 1 is 1.47 bits per heavy atom. The molecule has 3 nitrogen and oxygen atoms in total. The fourth-order valence-electron chi connectivity index (χ4n) is 1.49. The monoisotopic (exact) mass is 221 g/mol. The van der Waals surface area contributed by atoms with Crippen LogP contribution in [0, 0.1) is 5.41 Å². The fraction of sp³-hybridized carbons (Fsp3) is 0.444. The molecule has 0 aromatic rings. The van der Waals surface area contributed by atoms with E-state index in [0.717, 1.165) is 6.08 Å². The summed E-state index contributed by atoms with van der Waals surface area (Å²) in [6.45, 7) is 0. The first-order valence-electron chi connectivity index (χ1n) is 4.20. The molecular weight excluding hydrogens is 211 g/mol. The second kappa shape index (κ2) is 3.69. The minimum absolute atomic E-state index is 0.994. The Hall–Kier alpha value is -1.30. The number of halogens is 3. The number of aliphatic carboxylic acids is 1. The first-order valence-corrected chi connectivity index (χ1v) is 4.20. The number of nitrogens with two attached hydrogens (primary N) is 1. The van der Waals surface area contributed by atoms with Crippen LogP contribution < -0.4 is 5.73 Å². The Kier molecular flexibility index (Phi) is 2.90. The van der Waals surface area contributed by atoms with Crippen molar-refractivity contribution in [3.63, 3.8) is 0 Å². The summed E-state index contributed by atoms with van der Waals surface area (Å²) < 4.78 is 36.7. The minimum atomic E-state index is -4.56. The highest BCUT2D eigenvalue weighted by atomic mass is 19.4. The zero-order valence-electron chi connectivity index (χ0n) is 7.66. The van der Waals surface area contributed by atoms with Crippen molar-refractivity contribution in [1.29, 1.82) is 0 Å². The molecule has 1 aliphatic carbocycles. The number of alkyl halides is 3. The lowest BCUT2D eigenvalue weighted by Gasteiger charge is -2.32. The van der Waals surface area contributed by atoms with Crippen LogP contribution in [0.4, 0.5) is 13.2 Å². The summed E-state index contributed by atoms with van der Waals surface area (Å²) in [6, 6.07) is -1.17. The number of allylic oxidation sites excluding steroid dienone is 2. The molecule has 15 heavy (non-hydrogen) atoms. The molecule has 0 spiro atoms. The molecule has 0 amide bonds. The Labute approximate surface area is 84.1 Å². The standard InChI is InChI=1S/C9H10F3NO2/c10-9(11,12)5-8(7(14)15)4-2-1-3-6(8)13/h1-4,6H,5,13H2,(H,14,15). The molecule has 0 aromatic heterocycles. The fourth-order valence-corrected chi connectivity index (χ4v) is 1.49. The summed E-state index contributed by atoms with van der Waals surface area (Å²) in [5, 5.41) is 8.86. The molecule has 0 aliphatic heterocycles. The maximum Gasteiger partial charge on any atom is 0.390 e. The summed E-state index contributed by atoms with van der Waals surface area (Å²) in [6.07, 6.45) is -1.08. The van der Waals surface area contributed by atoms with E-state index >= 15 is 0 Å². The predicted molar refractivity (Wildman–Crippen MR) is 47.0 cm³/mol. The van der Waals surface area contributed by atoms with Crippen LogP contribution in [0.1, 0.15) is 6.42 Å². The molecule has 3 N–H and O–H groups in total. The maximum absolute atomic E-state index is 12.2. The van der Waals surface area contributed by atoms with Crippen molar-refractivity contribution in [2.45, 2.75) is 18.6 Å². The van der Waals surface area contributed by atoms with Crippen LogP contribution in [-0.2, 0) is 4.79 Å². The summed E-state index contributed by atoms with van der Waals surface area (Å²) in [4.78, 5) is 10.9. The molecule has 0 saturated carbocycles. The first kappa shape index (κ1) is 11.8. The smallest absolute Gasteiger partial charge is 0.390 e. The molecule has 0 heterocycles. The summed E-state index contributed by atoms with van der Waals surface area (Å²) in [5.74, 6) is -1.56. The Morgan fingerprint density at radius 3 is 2.47 bits per heavy atom. The number of rotatable bonds is 2. The number of carboxylic acid groups (broad SMARTS) is 1. The highest BCUT2D eigenvalue weighted by Gasteiger charge is 2.50. The SMILES string of the molecule is NC1C=CC=CC1(CC(F)(F)F)C(=O)O. The van der Waals surface area contributed by atoms with Gasteiger partial charge < -0.3 is 10.8 Å². The predicted octanol–water partition coefficient (Wildman–Crippen LogP) is 1.46. The molecule has 0 fully saturated rings. The van der Waals surface area contributed by atoms with Gasteiger partial charge in [0, 0.05) is 6.04 Å². The van der Waals surface area contributed by atoms with Gasteiger partial charge in [-0.3, -0.25) is 4.79 Å². The van der Waals surface area contributed by atoms with Crippen molar-refractivity contribution < 1.29 is 23.1 Å². The molecule has 6 heteroatoms. The van der Waals surface area contributed by atoms with Crippen molar-refractivity contribution >= 4 is 5.97 Å². The van der Waals surface area contributed by atoms with Crippen LogP contribution in [0.3, 0.4) is 0 Å². The number of hydrogen-bond acceptors (Lipinski definition) is 2. The highest BCUT2D eigenvalue weighted by molar-refractivity contribution is 5.79. The van der Waals surface area contributed by atoms with Gasteiger partial charge >= 0.3 is 12.1 Å². The van der Waals surface area contributed by atoms with Gasteiger partial charge in [-0.2, -0.15) is 13.2 Å². The largest absolute Gasteiger partial charge is 0.481 e. The van der Waals surface area contributed by atoms with Crippen LogP contribution in [0.5, 0.6) is 0 Å². The highest BCUT2D eigenvalue weighted by Crippen LogP contribution is 2.39. The van der Waals surface area contributed by atoms with Crippen molar-refractivity contribution in [3.05, 3.63) is 24.3 Å². The lowest BCUT2D eigenvalue weighted by Crippen LogP contribution is -2.48. The van der Waals surface area contributed by atoms with Gasteiger partial charge in [-0.05, 0) is 0 Å². The van der Waals surface area contributed by atoms with Crippen molar-refractivity contribution in [3.8, 4) is 0 Å².